The van der Waals surface area contributed by atoms with Gasteiger partial charge >= 0.3 is 0 Å². The molecule has 2 nitrogen and oxygen atoms in total. The van der Waals surface area contributed by atoms with Crippen molar-refractivity contribution in [1.29, 1.82) is 0 Å². The van der Waals surface area contributed by atoms with Crippen molar-refractivity contribution in [3.05, 3.63) is 41.5 Å². The molecule has 3 rings (SSSR count). The molecule has 1 aliphatic heterocycles. The third-order valence-corrected chi connectivity index (χ3v) is 4.72. The van der Waals surface area contributed by atoms with Gasteiger partial charge in [0.2, 0.25) is 0 Å². The zero-order valence-electron chi connectivity index (χ0n) is 13.1. The van der Waals surface area contributed by atoms with Gasteiger partial charge in [0, 0.05) is 12.0 Å². The Morgan fingerprint density at radius 3 is 3.00 bits per heavy atom. The highest BCUT2D eigenvalue weighted by Crippen LogP contribution is 2.32. The van der Waals surface area contributed by atoms with E-state index >= 15 is 0 Å². The minimum atomic E-state index is 0.499. The highest BCUT2D eigenvalue weighted by Gasteiger charge is 2.29. The van der Waals surface area contributed by atoms with Crippen molar-refractivity contribution in [3.63, 3.8) is 0 Å². The molecule has 2 atom stereocenters. The molecule has 0 saturated heterocycles. The zero-order chi connectivity index (χ0) is 14.5. The Bertz CT molecular complexity index is 494. The second kappa shape index (κ2) is 7.13. The second-order valence-electron chi connectivity index (χ2n) is 6.34. The number of para-hydroxylation sites is 1. The number of hydrogen-bond acceptors (Lipinski definition) is 2. The van der Waals surface area contributed by atoms with E-state index < -0.39 is 0 Å². The fourth-order valence-corrected chi connectivity index (χ4v) is 3.61. The molecular formula is C19H27NO. The standard InChI is InChI=1S/C19H27NO/c1-2-12-20-19(15-8-4-3-5-9-15)17-13-16-10-6-7-11-18(16)21-14-17/h6-8,10-11,17,19-20H,2-5,9,12-14H2,1H3. The topological polar surface area (TPSA) is 21.3 Å². The Morgan fingerprint density at radius 1 is 1.29 bits per heavy atom. The van der Waals surface area contributed by atoms with Gasteiger partial charge in [-0.25, -0.2) is 0 Å². The van der Waals surface area contributed by atoms with E-state index in [9.17, 15) is 0 Å². The summed E-state index contributed by atoms with van der Waals surface area (Å²) in [7, 11) is 0. The SMILES string of the molecule is CCCNC(C1=CCCCC1)C1COc2ccccc2C1. The first kappa shape index (κ1) is 14.6. The van der Waals surface area contributed by atoms with E-state index in [1.54, 1.807) is 5.57 Å². The lowest BCUT2D eigenvalue weighted by atomic mass is 9.82. The van der Waals surface area contributed by atoms with Gasteiger partial charge in [-0.2, -0.15) is 0 Å². The van der Waals surface area contributed by atoms with Gasteiger partial charge in [0.05, 0.1) is 6.61 Å². The number of rotatable bonds is 5. The maximum absolute atomic E-state index is 6.02. The van der Waals surface area contributed by atoms with E-state index in [1.807, 2.05) is 0 Å². The fourth-order valence-electron chi connectivity index (χ4n) is 3.61. The molecule has 0 amide bonds. The van der Waals surface area contributed by atoms with Crippen LogP contribution in [0, 0.1) is 5.92 Å². The molecule has 1 aliphatic carbocycles. The molecule has 1 N–H and O–H groups in total. The molecule has 0 spiro atoms. The number of allylic oxidation sites excluding steroid dienone is 1. The van der Waals surface area contributed by atoms with Crippen molar-refractivity contribution in [2.75, 3.05) is 13.2 Å². The smallest absolute Gasteiger partial charge is 0.122 e. The minimum absolute atomic E-state index is 0.499. The highest BCUT2D eigenvalue weighted by molar-refractivity contribution is 5.36. The van der Waals surface area contributed by atoms with Gasteiger partial charge in [0.1, 0.15) is 5.75 Å². The summed E-state index contributed by atoms with van der Waals surface area (Å²) in [5.74, 6) is 1.65. The number of nitrogens with one attached hydrogen (secondary N) is 1. The lowest BCUT2D eigenvalue weighted by Crippen LogP contribution is -2.43. The summed E-state index contributed by atoms with van der Waals surface area (Å²) >= 11 is 0. The molecule has 2 unspecified atom stereocenters. The maximum Gasteiger partial charge on any atom is 0.122 e. The van der Waals surface area contributed by atoms with Crippen LogP contribution in [0.25, 0.3) is 0 Å². The van der Waals surface area contributed by atoms with Crippen LogP contribution in [-0.2, 0) is 6.42 Å². The van der Waals surface area contributed by atoms with Crippen LogP contribution in [-0.4, -0.2) is 19.2 Å². The van der Waals surface area contributed by atoms with Gasteiger partial charge in [0.25, 0.3) is 0 Å². The first-order valence-corrected chi connectivity index (χ1v) is 8.51. The summed E-state index contributed by atoms with van der Waals surface area (Å²) in [5, 5.41) is 3.79. The minimum Gasteiger partial charge on any atom is -0.493 e. The maximum atomic E-state index is 6.02. The summed E-state index contributed by atoms with van der Waals surface area (Å²) in [4.78, 5) is 0. The molecule has 1 aromatic carbocycles. The largest absolute Gasteiger partial charge is 0.493 e. The molecule has 114 valence electrons. The van der Waals surface area contributed by atoms with E-state index in [1.165, 1.54) is 37.7 Å². The van der Waals surface area contributed by atoms with E-state index in [4.69, 9.17) is 4.74 Å². The molecule has 1 aromatic rings. The Labute approximate surface area is 128 Å². The van der Waals surface area contributed by atoms with Crippen LogP contribution in [0.1, 0.15) is 44.6 Å². The van der Waals surface area contributed by atoms with E-state index in [2.05, 4.69) is 42.6 Å². The average molecular weight is 285 g/mol. The summed E-state index contributed by atoms with van der Waals surface area (Å²) in [5.41, 5.74) is 3.00. The summed E-state index contributed by atoms with van der Waals surface area (Å²) in [6, 6.07) is 9.00. The Hall–Kier alpha value is -1.28. The molecule has 0 bridgehead atoms. The predicted octanol–water partition coefficient (Wildman–Crippen LogP) is 4.11. The molecule has 21 heavy (non-hydrogen) atoms. The van der Waals surface area contributed by atoms with Crippen LogP contribution >= 0.6 is 0 Å². The van der Waals surface area contributed by atoms with E-state index in [0.717, 1.165) is 25.3 Å². The van der Waals surface area contributed by atoms with Crippen molar-refractivity contribution in [3.8, 4) is 5.75 Å². The molecule has 0 saturated carbocycles. The van der Waals surface area contributed by atoms with E-state index in [0.29, 0.717) is 12.0 Å². The quantitative estimate of drug-likeness (QED) is 0.822. The number of benzene rings is 1. The molecule has 2 aliphatic rings. The van der Waals surface area contributed by atoms with Crippen LogP contribution < -0.4 is 10.1 Å². The summed E-state index contributed by atoms with van der Waals surface area (Å²) < 4.78 is 6.02. The van der Waals surface area contributed by atoms with Crippen molar-refractivity contribution >= 4 is 0 Å². The molecule has 2 heteroatoms. The fraction of sp³-hybridized carbons (Fsp3) is 0.579. The summed E-state index contributed by atoms with van der Waals surface area (Å²) in [6.45, 7) is 4.18. The van der Waals surface area contributed by atoms with Crippen LogP contribution in [0.3, 0.4) is 0 Å². The third-order valence-electron chi connectivity index (χ3n) is 4.72. The number of ether oxygens (including phenoxy) is 1. The summed E-state index contributed by atoms with van der Waals surface area (Å²) in [6.07, 6.45) is 10.0. The molecule has 0 aromatic heterocycles. The predicted molar refractivity (Wildman–Crippen MR) is 87.8 cm³/mol. The Balaban J connectivity index is 1.76. The number of hydrogen-bond donors (Lipinski definition) is 1. The Morgan fingerprint density at radius 2 is 2.19 bits per heavy atom. The van der Waals surface area contributed by atoms with Gasteiger partial charge in [-0.3, -0.25) is 0 Å². The first-order chi connectivity index (χ1) is 10.4. The van der Waals surface area contributed by atoms with Crippen molar-refractivity contribution < 1.29 is 4.74 Å². The lowest BCUT2D eigenvalue weighted by molar-refractivity contribution is 0.193. The first-order valence-electron chi connectivity index (χ1n) is 8.51. The normalized spacial score (nSPS) is 22.9. The van der Waals surface area contributed by atoms with Gasteiger partial charge in [-0.1, -0.05) is 36.8 Å². The van der Waals surface area contributed by atoms with Crippen LogP contribution in [0.15, 0.2) is 35.9 Å². The second-order valence-corrected chi connectivity index (χ2v) is 6.34. The molecular weight excluding hydrogens is 258 g/mol. The monoisotopic (exact) mass is 285 g/mol. The highest BCUT2D eigenvalue weighted by atomic mass is 16.5. The molecule has 0 radical (unpaired) electrons. The average Bonchev–Trinajstić information content (AvgIpc) is 2.56. The zero-order valence-corrected chi connectivity index (χ0v) is 13.1. The molecule has 1 heterocycles. The Kier molecular flexibility index (Phi) is 4.97. The molecule has 0 fully saturated rings. The number of fused-ring (bicyclic) bond motifs is 1. The van der Waals surface area contributed by atoms with Crippen LogP contribution in [0.4, 0.5) is 0 Å². The third kappa shape index (κ3) is 3.49. The van der Waals surface area contributed by atoms with Crippen molar-refractivity contribution in [2.24, 2.45) is 5.92 Å². The van der Waals surface area contributed by atoms with Gasteiger partial charge in [-0.05, 0) is 56.7 Å². The lowest BCUT2D eigenvalue weighted by Gasteiger charge is -2.35. The van der Waals surface area contributed by atoms with Crippen molar-refractivity contribution in [1.82, 2.24) is 5.32 Å². The van der Waals surface area contributed by atoms with Crippen LogP contribution in [0.2, 0.25) is 0 Å². The van der Waals surface area contributed by atoms with Gasteiger partial charge in [-0.15, -0.1) is 0 Å². The van der Waals surface area contributed by atoms with Crippen molar-refractivity contribution in [2.45, 2.75) is 51.5 Å². The van der Waals surface area contributed by atoms with E-state index in [-0.39, 0.29) is 0 Å². The van der Waals surface area contributed by atoms with Crippen LogP contribution in [0.5, 0.6) is 5.75 Å². The van der Waals surface area contributed by atoms with Gasteiger partial charge < -0.3 is 10.1 Å². The van der Waals surface area contributed by atoms with Gasteiger partial charge in [0.15, 0.2) is 0 Å².